The summed E-state index contributed by atoms with van der Waals surface area (Å²) in [7, 11) is 5.19. The number of amides is 1. The van der Waals surface area contributed by atoms with Crippen molar-refractivity contribution in [2.24, 2.45) is 4.99 Å². The maximum absolute atomic E-state index is 12.2. The maximum atomic E-state index is 12.2. The number of methoxy groups -OCH3 is 1. The highest BCUT2D eigenvalue weighted by molar-refractivity contribution is 5.92. The Balaban J connectivity index is 1.29. The standard InChI is InChI=1S/C40H47N9O6/c1-40(2,3)55-39(52)45-30-12-13-33-29(22-30)23-44-49(33)16-10-11-17-54-35-21-27(24-50)18-31(42-5)36(35)47(26-41-4)14-8-9-15-48-37-32(46-38(48)43-6)19-28(25-51)20-34(37)53-7/h8-13,18-25,41H,5,14-17,26H2,1-4,6-7H3,(H,43,46)(H,45,52)/b9-8+,11-10+. The molecule has 15 nitrogen and oxygen atoms in total. The second-order valence-electron chi connectivity index (χ2n) is 13.4. The van der Waals surface area contributed by atoms with Crippen molar-refractivity contribution in [2.45, 2.75) is 39.5 Å². The number of carbonyl (C=O) groups excluding carboxylic acids is 3. The number of aromatic nitrogens is 4. The number of imidazole rings is 1. The van der Waals surface area contributed by atoms with Gasteiger partial charge in [0, 0.05) is 42.3 Å². The van der Waals surface area contributed by atoms with Crippen LogP contribution < -0.4 is 30.3 Å². The zero-order valence-electron chi connectivity index (χ0n) is 32.0. The Kier molecular flexibility index (Phi) is 13.0. The number of carbonyl (C=O) groups is 3. The summed E-state index contributed by atoms with van der Waals surface area (Å²) in [5.74, 6) is 1.65. The zero-order chi connectivity index (χ0) is 39.5. The van der Waals surface area contributed by atoms with Crippen LogP contribution in [0.2, 0.25) is 0 Å². The second-order valence-corrected chi connectivity index (χ2v) is 13.4. The summed E-state index contributed by atoms with van der Waals surface area (Å²) < 4.78 is 21.0. The molecule has 0 fully saturated rings. The highest BCUT2D eigenvalue weighted by Gasteiger charge is 2.19. The number of anilines is 3. The van der Waals surface area contributed by atoms with E-state index in [1.807, 2.05) is 78.4 Å². The average Bonchev–Trinajstić information content (AvgIpc) is 3.74. The molecule has 0 bridgehead atoms. The minimum Gasteiger partial charge on any atom is -0.494 e. The molecule has 0 aliphatic heterocycles. The molecule has 0 aliphatic rings. The number of hydrogen-bond donors (Lipinski definition) is 3. The monoisotopic (exact) mass is 749 g/mol. The SMILES string of the molecule is C=Nc1cc(C=O)cc(OC/C=C/Cn2ncc3cc(NC(=O)OC(C)(C)C)ccc32)c1N(C/C=C/Cn1c(NC)nc2cc(C=O)cc(OC)c21)CNC. The van der Waals surface area contributed by atoms with Crippen LogP contribution in [0.4, 0.5) is 27.8 Å². The molecule has 0 radical (unpaired) electrons. The van der Waals surface area contributed by atoms with Crippen LogP contribution in [0.15, 0.2) is 78.0 Å². The van der Waals surface area contributed by atoms with E-state index in [9.17, 15) is 14.4 Å². The number of ether oxygens (including phenoxy) is 3. The second kappa shape index (κ2) is 18.0. The topological polar surface area (TPSA) is 166 Å². The fraction of sp³-hybridized carbons (Fsp3) is 0.300. The molecule has 3 aromatic carbocycles. The third kappa shape index (κ3) is 9.74. The summed E-state index contributed by atoms with van der Waals surface area (Å²) >= 11 is 0. The molecule has 3 N–H and O–H groups in total. The van der Waals surface area contributed by atoms with Crippen LogP contribution in [-0.4, -0.2) is 91.3 Å². The molecule has 2 aromatic heterocycles. The van der Waals surface area contributed by atoms with E-state index >= 15 is 0 Å². The summed E-state index contributed by atoms with van der Waals surface area (Å²) in [5, 5.41) is 14.5. The molecule has 2 heterocycles. The van der Waals surface area contributed by atoms with Crippen LogP contribution in [0.25, 0.3) is 21.9 Å². The third-order valence-electron chi connectivity index (χ3n) is 8.31. The fourth-order valence-electron chi connectivity index (χ4n) is 5.99. The molecule has 0 aliphatic carbocycles. The fourth-order valence-corrected chi connectivity index (χ4v) is 5.99. The molecule has 5 aromatic rings. The molecular formula is C40H47N9O6. The average molecular weight is 750 g/mol. The van der Waals surface area contributed by atoms with Crippen molar-refractivity contribution in [1.29, 1.82) is 0 Å². The molecule has 15 heteroatoms. The van der Waals surface area contributed by atoms with Gasteiger partial charge in [-0.1, -0.05) is 18.2 Å². The lowest BCUT2D eigenvalue weighted by Crippen LogP contribution is -2.33. The Labute approximate surface area is 319 Å². The van der Waals surface area contributed by atoms with Crippen molar-refractivity contribution < 1.29 is 28.6 Å². The van der Waals surface area contributed by atoms with Gasteiger partial charge in [0.1, 0.15) is 47.5 Å². The van der Waals surface area contributed by atoms with E-state index in [1.54, 1.807) is 50.7 Å². The molecule has 288 valence electrons. The number of nitrogens with zero attached hydrogens (tertiary/aromatic N) is 6. The van der Waals surface area contributed by atoms with E-state index in [4.69, 9.17) is 14.2 Å². The summed E-state index contributed by atoms with van der Waals surface area (Å²) in [4.78, 5) is 46.5. The number of rotatable bonds is 18. The van der Waals surface area contributed by atoms with Crippen molar-refractivity contribution in [1.82, 2.24) is 24.6 Å². The number of fused-ring (bicyclic) bond motifs is 2. The molecule has 55 heavy (non-hydrogen) atoms. The quantitative estimate of drug-likeness (QED) is 0.0382. The third-order valence-corrected chi connectivity index (χ3v) is 8.31. The molecule has 0 saturated heterocycles. The van der Waals surface area contributed by atoms with E-state index in [0.29, 0.717) is 77.5 Å². The van der Waals surface area contributed by atoms with Crippen LogP contribution in [-0.2, 0) is 17.8 Å². The van der Waals surface area contributed by atoms with Crippen LogP contribution in [0.3, 0.4) is 0 Å². The van der Waals surface area contributed by atoms with Crippen LogP contribution in [0.5, 0.6) is 11.5 Å². The summed E-state index contributed by atoms with van der Waals surface area (Å²) in [6.07, 6.45) is 10.6. The zero-order valence-corrected chi connectivity index (χ0v) is 32.0. The normalized spacial score (nSPS) is 11.7. The lowest BCUT2D eigenvalue weighted by Gasteiger charge is -2.27. The summed E-state index contributed by atoms with van der Waals surface area (Å²) in [6, 6.07) is 12.3. The molecule has 1 amide bonds. The van der Waals surface area contributed by atoms with Crippen LogP contribution >= 0.6 is 0 Å². The van der Waals surface area contributed by atoms with Gasteiger partial charge < -0.3 is 34.3 Å². The van der Waals surface area contributed by atoms with Gasteiger partial charge in [-0.25, -0.2) is 9.78 Å². The van der Waals surface area contributed by atoms with Gasteiger partial charge in [-0.2, -0.15) is 5.10 Å². The molecule has 0 atom stereocenters. The summed E-state index contributed by atoms with van der Waals surface area (Å²) in [5.41, 5.74) is 4.39. The van der Waals surface area contributed by atoms with E-state index in [2.05, 4.69) is 37.7 Å². The van der Waals surface area contributed by atoms with Crippen LogP contribution in [0.1, 0.15) is 41.5 Å². The van der Waals surface area contributed by atoms with Crippen molar-refractivity contribution in [3.8, 4) is 11.5 Å². The number of nitrogens with one attached hydrogen (secondary N) is 3. The van der Waals surface area contributed by atoms with Crippen molar-refractivity contribution >= 4 is 70.3 Å². The van der Waals surface area contributed by atoms with Gasteiger partial charge in [0.15, 0.2) is 0 Å². The predicted octanol–water partition coefficient (Wildman–Crippen LogP) is 6.62. The van der Waals surface area contributed by atoms with Gasteiger partial charge in [0.05, 0.1) is 43.2 Å². The highest BCUT2D eigenvalue weighted by Crippen LogP contribution is 2.39. The van der Waals surface area contributed by atoms with E-state index in [-0.39, 0.29) is 6.61 Å². The Hall–Kier alpha value is -6.48. The smallest absolute Gasteiger partial charge is 0.412 e. The van der Waals surface area contributed by atoms with Gasteiger partial charge >= 0.3 is 6.09 Å². The lowest BCUT2D eigenvalue weighted by molar-refractivity contribution is 0.0635. The maximum Gasteiger partial charge on any atom is 0.412 e. The summed E-state index contributed by atoms with van der Waals surface area (Å²) in [6.45, 7) is 11.3. The predicted molar refractivity (Wildman–Crippen MR) is 217 cm³/mol. The van der Waals surface area contributed by atoms with E-state index in [1.165, 1.54) is 0 Å². The Morgan fingerprint density at radius 3 is 2.42 bits per heavy atom. The lowest BCUT2D eigenvalue weighted by atomic mass is 10.1. The van der Waals surface area contributed by atoms with Crippen LogP contribution in [0, 0.1) is 0 Å². The first-order valence-corrected chi connectivity index (χ1v) is 17.6. The number of allylic oxidation sites excluding steroid dienone is 2. The largest absolute Gasteiger partial charge is 0.494 e. The number of aliphatic imine (C=N–C) groups is 1. The van der Waals surface area contributed by atoms with Crippen molar-refractivity contribution in [2.75, 3.05) is 56.6 Å². The van der Waals surface area contributed by atoms with Crippen molar-refractivity contribution in [3.63, 3.8) is 0 Å². The van der Waals surface area contributed by atoms with E-state index < -0.39 is 11.7 Å². The highest BCUT2D eigenvalue weighted by atomic mass is 16.6. The first-order valence-electron chi connectivity index (χ1n) is 17.6. The van der Waals surface area contributed by atoms with Gasteiger partial charge in [0.25, 0.3) is 0 Å². The minimum absolute atomic E-state index is 0.215. The molecule has 0 saturated carbocycles. The first kappa shape index (κ1) is 39.7. The Morgan fingerprint density at radius 2 is 1.73 bits per heavy atom. The minimum atomic E-state index is -0.598. The molecule has 0 spiro atoms. The molecule has 5 rings (SSSR count). The van der Waals surface area contributed by atoms with Gasteiger partial charge in [-0.3, -0.25) is 24.6 Å². The molecule has 0 unspecified atom stereocenters. The first-order chi connectivity index (χ1) is 26.5. The number of benzene rings is 3. The van der Waals surface area contributed by atoms with Gasteiger partial charge in [-0.05, 0) is 83.1 Å². The Bertz CT molecular complexity index is 2230. The van der Waals surface area contributed by atoms with E-state index in [0.717, 1.165) is 29.0 Å². The van der Waals surface area contributed by atoms with Crippen molar-refractivity contribution in [3.05, 3.63) is 84.1 Å². The van der Waals surface area contributed by atoms with Gasteiger partial charge in [-0.15, -0.1) is 0 Å². The Morgan fingerprint density at radius 1 is 0.982 bits per heavy atom. The molecular weight excluding hydrogens is 702 g/mol. The van der Waals surface area contributed by atoms with Gasteiger partial charge in [0.2, 0.25) is 5.95 Å². The number of hydrogen-bond acceptors (Lipinski definition) is 12. The number of aldehydes is 2.